The van der Waals surface area contributed by atoms with Crippen molar-refractivity contribution < 1.29 is 4.79 Å². The van der Waals surface area contributed by atoms with Gasteiger partial charge < -0.3 is 5.32 Å². The first kappa shape index (κ1) is 10.9. The first-order valence-electron chi connectivity index (χ1n) is 5.79. The summed E-state index contributed by atoms with van der Waals surface area (Å²) in [6.45, 7) is 1.97. The van der Waals surface area contributed by atoms with Crippen LogP contribution in [0.3, 0.4) is 0 Å². The van der Waals surface area contributed by atoms with Crippen LogP contribution in [0.5, 0.6) is 0 Å². The number of amides is 1. The van der Waals surface area contributed by atoms with Crippen LogP contribution >= 0.6 is 0 Å². The van der Waals surface area contributed by atoms with E-state index in [4.69, 9.17) is 0 Å². The summed E-state index contributed by atoms with van der Waals surface area (Å²) in [5.41, 5.74) is 1.82. The predicted octanol–water partition coefficient (Wildman–Crippen LogP) is 2.83. The van der Waals surface area contributed by atoms with Crippen molar-refractivity contribution in [1.82, 2.24) is 5.32 Å². The summed E-state index contributed by atoms with van der Waals surface area (Å²) >= 11 is 0. The number of rotatable bonds is 2. The third-order valence-corrected chi connectivity index (χ3v) is 2.99. The van der Waals surface area contributed by atoms with E-state index in [1.165, 1.54) is 0 Å². The molecule has 0 saturated carbocycles. The van der Waals surface area contributed by atoms with Crippen LogP contribution in [-0.2, 0) is 0 Å². The van der Waals surface area contributed by atoms with E-state index in [0.717, 1.165) is 30.4 Å². The van der Waals surface area contributed by atoms with Crippen molar-refractivity contribution in [1.29, 1.82) is 0 Å². The van der Waals surface area contributed by atoms with Gasteiger partial charge in [0.05, 0.1) is 0 Å². The lowest BCUT2D eigenvalue weighted by molar-refractivity contribution is 0.0934. The second kappa shape index (κ2) is 4.97. The average Bonchev–Trinajstić information content (AvgIpc) is 2.31. The van der Waals surface area contributed by atoms with Gasteiger partial charge in [-0.25, -0.2) is 0 Å². The van der Waals surface area contributed by atoms with Gasteiger partial charge in [0.25, 0.3) is 5.91 Å². The third-order valence-electron chi connectivity index (χ3n) is 2.99. The largest absolute Gasteiger partial charge is 0.349 e. The van der Waals surface area contributed by atoms with Crippen LogP contribution in [0.4, 0.5) is 0 Å². The van der Waals surface area contributed by atoms with E-state index in [-0.39, 0.29) is 5.91 Å². The average molecular weight is 215 g/mol. The molecule has 1 amide bonds. The number of carbonyl (C=O) groups is 1. The van der Waals surface area contributed by atoms with Crippen molar-refractivity contribution in [3.05, 3.63) is 47.5 Å². The molecular formula is C14H17NO. The molecule has 2 rings (SSSR count). The van der Waals surface area contributed by atoms with Gasteiger partial charge in [0, 0.05) is 11.6 Å². The Morgan fingerprint density at radius 3 is 2.81 bits per heavy atom. The fourth-order valence-corrected chi connectivity index (χ4v) is 2.02. The van der Waals surface area contributed by atoms with E-state index in [1.54, 1.807) is 0 Å². The molecule has 1 N–H and O–H groups in total. The van der Waals surface area contributed by atoms with Crippen molar-refractivity contribution in [2.24, 2.45) is 0 Å². The summed E-state index contributed by atoms with van der Waals surface area (Å²) in [6, 6.07) is 8.01. The molecule has 0 spiro atoms. The summed E-state index contributed by atoms with van der Waals surface area (Å²) in [5.74, 6) is 0.0541. The Bertz CT molecular complexity index is 409. The number of hydrogen-bond donors (Lipinski definition) is 1. The summed E-state index contributed by atoms with van der Waals surface area (Å²) in [6.07, 6.45) is 7.40. The monoisotopic (exact) mass is 215 g/mol. The quantitative estimate of drug-likeness (QED) is 0.755. The van der Waals surface area contributed by atoms with Gasteiger partial charge in [-0.2, -0.15) is 0 Å². The number of carbonyl (C=O) groups excluding carboxylic acids is 1. The zero-order valence-electron chi connectivity index (χ0n) is 9.57. The van der Waals surface area contributed by atoms with E-state index >= 15 is 0 Å². The lowest BCUT2D eigenvalue weighted by atomic mass is 10.0. The first-order valence-corrected chi connectivity index (χ1v) is 5.79. The second-order valence-electron chi connectivity index (χ2n) is 4.27. The van der Waals surface area contributed by atoms with E-state index in [0.29, 0.717) is 6.04 Å². The molecule has 1 atom stereocenters. The topological polar surface area (TPSA) is 29.1 Å². The molecule has 1 aliphatic rings. The molecule has 0 saturated heterocycles. The van der Waals surface area contributed by atoms with Crippen LogP contribution in [0, 0.1) is 6.92 Å². The lowest BCUT2D eigenvalue weighted by Crippen LogP contribution is -2.35. The number of hydrogen-bond acceptors (Lipinski definition) is 1. The van der Waals surface area contributed by atoms with Crippen LogP contribution in [0.2, 0.25) is 0 Å². The molecule has 0 aromatic heterocycles. The minimum absolute atomic E-state index is 0.0541. The minimum Gasteiger partial charge on any atom is -0.349 e. The zero-order chi connectivity index (χ0) is 11.4. The maximum absolute atomic E-state index is 12.0. The van der Waals surface area contributed by atoms with E-state index < -0.39 is 0 Å². The Kier molecular flexibility index (Phi) is 3.40. The van der Waals surface area contributed by atoms with Crippen molar-refractivity contribution >= 4 is 5.91 Å². The summed E-state index contributed by atoms with van der Waals surface area (Å²) < 4.78 is 0. The maximum Gasteiger partial charge on any atom is 0.251 e. The highest BCUT2D eigenvalue weighted by Crippen LogP contribution is 2.12. The summed E-state index contributed by atoms with van der Waals surface area (Å²) in [4.78, 5) is 12.0. The van der Waals surface area contributed by atoms with Gasteiger partial charge in [-0.1, -0.05) is 30.4 Å². The van der Waals surface area contributed by atoms with E-state index in [2.05, 4.69) is 17.5 Å². The molecule has 2 nitrogen and oxygen atoms in total. The van der Waals surface area contributed by atoms with Crippen molar-refractivity contribution in [3.63, 3.8) is 0 Å². The SMILES string of the molecule is Cc1ccccc1C(=O)NC1CC=CCC1. The normalized spacial score (nSPS) is 19.4. The Hall–Kier alpha value is -1.57. The molecular weight excluding hydrogens is 198 g/mol. The fraction of sp³-hybridized carbons (Fsp3) is 0.357. The van der Waals surface area contributed by atoms with E-state index in [1.807, 2.05) is 31.2 Å². The molecule has 1 aliphatic carbocycles. The highest BCUT2D eigenvalue weighted by atomic mass is 16.1. The lowest BCUT2D eigenvalue weighted by Gasteiger charge is -2.19. The van der Waals surface area contributed by atoms with Crippen molar-refractivity contribution in [2.45, 2.75) is 32.2 Å². The predicted molar refractivity (Wildman–Crippen MR) is 65.4 cm³/mol. The molecule has 0 radical (unpaired) electrons. The van der Waals surface area contributed by atoms with Crippen LogP contribution in [0.15, 0.2) is 36.4 Å². The Morgan fingerprint density at radius 2 is 2.12 bits per heavy atom. The van der Waals surface area contributed by atoms with Gasteiger partial charge in [0.2, 0.25) is 0 Å². The Labute approximate surface area is 96.4 Å². The van der Waals surface area contributed by atoms with Crippen molar-refractivity contribution in [3.8, 4) is 0 Å². The van der Waals surface area contributed by atoms with Crippen LogP contribution in [0.1, 0.15) is 35.2 Å². The molecule has 0 bridgehead atoms. The molecule has 84 valence electrons. The smallest absolute Gasteiger partial charge is 0.251 e. The standard InChI is InChI=1S/C14H17NO/c1-11-7-5-6-10-13(11)14(16)15-12-8-3-2-4-9-12/h2-3,5-7,10,12H,4,8-9H2,1H3,(H,15,16). The highest BCUT2D eigenvalue weighted by Gasteiger charge is 2.14. The fourth-order valence-electron chi connectivity index (χ4n) is 2.02. The maximum atomic E-state index is 12.0. The van der Waals surface area contributed by atoms with Gasteiger partial charge >= 0.3 is 0 Å². The Balaban J connectivity index is 2.03. The molecule has 0 aliphatic heterocycles. The molecule has 0 fully saturated rings. The van der Waals surface area contributed by atoms with E-state index in [9.17, 15) is 4.79 Å². The molecule has 0 heterocycles. The number of benzene rings is 1. The first-order chi connectivity index (χ1) is 7.77. The summed E-state index contributed by atoms with van der Waals surface area (Å²) in [5, 5.41) is 3.09. The van der Waals surface area contributed by atoms with Gasteiger partial charge in [-0.05, 0) is 37.8 Å². The van der Waals surface area contributed by atoms with Crippen LogP contribution in [-0.4, -0.2) is 11.9 Å². The van der Waals surface area contributed by atoms with Gasteiger partial charge in [-0.3, -0.25) is 4.79 Å². The van der Waals surface area contributed by atoms with Gasteiger partial charge in [0.15, 0.2) is 0 Å². The molecule has 1 aromatic carbocycles. The third kappa shape index (κ3) is 2.51. The molecule has 1 aromatic rings. The van der Waals surface area contributed by atoms with Crippen LogP contribution < -0.4 is 5.32 Å². The Morgan fingerprint density at radius 1 is 1.31 bits per heavy atom. The zero-order valence-corrected chi connectivity index (χ0v) is 9.57. The summed E-state index contributed by atoms with van der Waals surface area (Å²) in [7, 11) is 0. The van der Waals surface area contributed by atoms with Gasteiger partial charge in [0.1, 0.15) is 0 Å². The number of aryl methyl sites for hydroxylation is 1. The minimum atomic E-state index is 0.0541. The second-order valence-corrected chi connectivity index (χ2v) is 4.27. The van der Waals surface area contributed by atoms with Crippen molar-refractivity contribution in [2.75, 3.05) is 0 Å². The highest BCUT2D eigenvalue weighted by molar-refractivity contribution is 5.95. The molecule has 1 unspecified atom stereocenters. The molecule has 2 heteroatoms. The molecule has 16 heavy (non-hydrogen) atoms. The number of allylic oxidation sites excluding steroid dienone is 1. The van der Waals surface area contributed by atoms with Crippen LogP contribution in [0.25, 0.3) is 0 Å². The van der Waals surface area contributed by atoms with Gasteiger partial charge in [-0.15, -0.1) is 0 Å². The number of nitrogens with one attached hydrogen (secondary N) is 1.